The summed E-state index contributed by atoms with van der Waals surface area (Å²) in [6.07, 6.45) is 0.240. The third kappa shape index (κ3) is 4.81. The van der Waals surface area contributed by atoms with E-state index in [1.807, 2.05) is 0 Å². The maximum absolute atomic E-state index is 13.5. The Labute approximate surface area is 165 Å². The van der Waals surface area contributed by atoms with Gasteiger partial charge in [0.2, 0.25) is 5.91 Å². The van der Waals surface area contributed by atoms with Gasteiger partial charge in [-0.3, -0.25) is 4.79 Å². The minimum absolute atomic E-state index is 0.218. The molecule has 6 nitrogen and oxygen atoms in total. The Morgan fingerprint density at radius 1 is 1.26 bits per heavy atom. The summed E-state index contributed by atoms with van der Waals surface area (Å²) in [5.41, 5.74) is 1.39. The number of aromatic nitrogens is 4. The summed E-state index contributed by atoms with van der Waals surface area (Å²) in [4.78, 5) is 12.8. The van der Waals surface area contributed by atoms with Crippen molar-refractivity contribution in [2.24, 2.45) is 0 Å². The van der Waals surface area contributed by atoms with Crippen LogP contribution < -0.4 is 5.32 Å². The molecule has 0 aliphatic rings. The van der Waals surface area contributed by atoms with Crippen LogP contribution >= 0.6 is 23.2 Å². The van der Waals surface area contributed by atoms with Crippen molar-refractivity contribution in [2.45, 2.75) is 25.9 Å². The Kier molecular flexibility index (Phi) is 6.03. The van der Waals surface area contributed by atoms with E-state index in [0.29, 0.717) is 21.4 Å². The van der Waals surface area contributed by atoms with Crippen molar-refractivity contribution in [2.75, 3.05) is 0 Å². The smallest absolute Gasteiger partial charge is 0.245 e. The molecule has 0 fully saturated rings. The average molecular weight is 408 g/mol. The highest BCUT2D eigenvalue weighted by Gasteiger charge is 2.24. The van der Waals surface area contributed by atoms with Crippen molar-refractivity contribution in [1.82, 2.24) is 25.5 Å². The van der Waals surface area contributed by atoms with E-state index in [-0.39, 0.29) is 24.7 Å². The lowest BCUT2D eigenvalue weighted by Crippen LogP contribution is -2.34. The second-order valence-electron chi connectivity index (χ2n) is 5.97. The van der Waals surface area contributed by atoms with Crippen LogP contribution in [-0.4, -0.2) is 26.1 Å². The lowest BCUT2D eigenvalue weighted by atomic mass is 10.0. The average Bonchev–Trinajstić information content (AvgIpc) is 3.04. The third-order valence-electron chi connectivity index (χ3n) is 4.04. The standard InChI is InChI=1S/C18H16Cl2FN5O/c1-11-23-24-25-26(11)17(8-12-3-2-4-15(21)7-12)18(27)22-10-13-5-6-14(19)9-16(13)20/h2-7,9,17H,8,10H2,1H3,(H,22,27). The summed E-state index contributed by atoms with van der Waals surface area (Å²) in [5, 5.41) is 15.1. The van der Waals surface area contributed by atoms with Crippen molar-refractivity contribution < 1.29 is 9.18 Å². The molecule has 1 aromatic heterocycles. The first-order chi connectivity index (χ1) is 12.9. The Morgan fingerprint density at radius 3 is 2.74 bits per heavy atom. The summed E-state index contributed by atoms with van der Waals surface area (Å²) in [5.74, 6) is -0.190. The first kappa shape index (κ1) is 19.3. The predicted octanol–water partition coefficient (Wildman–Crippen LogP) is 3.53. The molecule has 2 aromatic carbocycles. The second kappa shape index (κ2) is 8.45. The molecule has 27 heavy (non-hydrogen) atoms. The summed E-state index contributed by atoms with van der Waals surface area (Å²) >= 11 is 12.0. The minimum atomic E-state index is -0.729. The molecule has 0 aliphatic carbocycles. The zero-order chi connectivity index (χ0) is 19.4. The van der Waals surface area contributed by atoms with Gasteiger partial charge in [0.25, 0.3) is 0 Å². The van der Waals surface area contributed by atoms with Crippen molar-refractivity contribution in [3.05, 3.63) is 75.3 Å². The van der Waals surface area contributed by atoms with Crippen LogP contribution in [0, 0.1) is 12.7 Å². The molecule has 0 bridgehead atoms. The molecule has 1 heterocycles. The Bertz CT molecular complexity index is 962. The zero-order valence-corrected chi connectivity index (χ0v) is 15.9. The van der Waals surface area contributed by atoms with Gasteiger partial charge in [0.05, 0.1) is 0 Å². The quantitative estimate of drug-likeness (QED) is 0.678. The van der Waals surface area contributed by atoms with Gasteiger partial charge >= 0.3 is 0 Å². The fourth-order valence-corrected chi connectivity index (χ4v) is 3.14. The molecule has 0 aliphatic heterocycles. The van der Waals surface area contributed by atoms with E-state index in [1.165, 1.54) is 16.8 Å². The maximum Gasteiger partial charge on any atom is 0.245 e. The number of aryl methyl sites for hydroxylation is 1. The SMILES string of the molecule is Cc1nnnn1C(Cc1cccc(F)c1)C(=O)NCc1ccc(Cl)cc1Cl. The number of hydrogen-bond donors (Lipinski definition) is 1. The van der Waals surface area contributed by atoms with Gasteiger partial charge in [-0.15, -0.1) is 5.10 Å². The Hall–Kier alpha value is -2.51. The second-order valence-corrected chi connectivity index (χ2v) is 6.82. The van der Waals surface area contributed by atoms with E-state index in [0.717, 1.165) is 5.56 Å². The highest BCUT2D eigenvalue weighted by Crippen LogP contribution is 2.21. The number of rotatable bonds is 6. The van der Waals surface area contributed by atoms with Crippen LogP contribution in [0.5, 0.6) is 0 Å². The highest BCUT2D eigenvalue weighted by atomic mass is 35.5. The number of nitrogens with one attached hydrogen (secondary N) is 1. The normalized spacial score (nSPS) is 12.0. The number of tetrazole rings is 1. The van der Waals surface area contributed by atoms with E-state index in [4.69, 9.17) is 23.2 Å². The molecule has 0 spiro atoms. The molecular weight excluding hydrogens is 392 g/mol. The van der Waals surface area contributed by atoms with Crippen LogP contribution in [0.2, 0.25) is 10.0 Å². The fourth-order valence-electron chi connectivity index (χ4n) is 2.67. The van der Waals surface area contributed by atoms with Crippen molar-refractivity contribution in [3.8, 4) is 0 Å². The first-order valence-electron chi connectivity index (χ1n) is 8.14. The van der Waals surface area contributed by atoms with E-state index >= 15 is 0 Å². The fraction of sp³-hybridized carbons (Fsp3) is 0.222. The monoisotopic (exact) mass is 407 g/mol. The van der Waals surface area contributed by atoms with Crippen molar-refractivity contribution >= 4 is 29.1 Å². The molecule has 0 saturated carbocycles. The number of halogens is 3. The molecule has 1 amide bonds. The predicted molar refractivity (Wildman–Crippen MR) is 100 cm³/mol. The molecule has 0 saturated heterocycles. The molecule has 3 aromatic rings. The summed E-state index contributed by atoms with van der Waals surface area (Å²) < 4.78 is 14.9. The highest BCUT2D eigenvalue weighted by molar-refractivity contribution is 6.35. The number of carbonyl (C=O) groups is 1. The van der Waals surface area contributed by atoms with Gasteiger partial charge in [-0.1, -0.05) is 41.4 Å². The van der Waals surface area contributed by atoms with Crippen molar-refractivity contribution in [3.63, 3.8) is 0 Å². The number of hydrogen-bond acceptors (Lipinski definition) is 4. The lowest BCUT2D eigenvalue weighted by Gasteiger charge is -2.18. The van der Waals surface area contributed by atoms with Crippen molar-refractivity contribution in [1.29, 1.82) is 0 Å². The first-order valence-corrected chi connectivity index (χ1v) is 8.90. The molecule has 1 N–H and O–H groups in total. The van der Waals surface area contributed by atoms with Crippen LogP contribution in [0.15, 0.2) is 42.5 Å². The molecule has 9 heteroatoms. The lowest BCUT2D eigenvalue weighted by molar-refractivity contribution is -0.124. The summed E-state index contributed by atoms with van der Waals surface area (Å²) in [7, 11) is 0. The van der Waals surface area contributed by atoms with Gasteiger partial charge in [0.1, 0.15) is 17.7 Å². The summed E-state index contributed by atoms with van der Waals surface area (Å²) in [6, 6.07) is 10.4. The minimum Gasteiger partial charge on any atom is -0.350 e. The Morgan fingerprint density at radius 2 is 2.07 bits per heavy atom. The summed E-state index contributed by atoms with van der Waals surface area (Å²) in [6.45, 7) is 1.91. The largest absolute Gasteiger partial charge is 0.350 e. The van der Waals surface area contributed by atoms with E-state index in [2.05, 4.69) is 20.8 Å². The van der Waals surface area contributed by atoms with Crippen LogP contribution in [0.25, 0.3) is 0 Å². The van der Waals surface area contributed by atoms with E-state index < -0.39 is 6.04 Å². The molecule has 140 valence electrons. The van der Waals surface area contributed by atoms with Crippen LogP contribution in [0.1, 0.15) is 23.0 Å². The molecule has 1 unspecified atom stereocenters. The van der Waals surface area contributed by atoms with Gasteiger partial charge < -0.3 is 5.32 Å². The maximum atomic E-state index is 13.5. The van der Waals surface area contributed by atoms with Gasteiger partial charge in [-0.25, -0.2) is 9.07 Å². The molecule has 1 atom stereocenters. The number of benzene rings is 2. The number of amides is 1. The third-order valence-corrected chi connectivity index (χ3v) is 4.63. The zero-order valence-electron chi connectivity index (χ0n) is 14.4. The van der Waals surface area contributed by atoms with Gasteiger partial charge in [-0.2, -0.15) is 0 Å². The Balaban J connectivity index is 1.79. The number of nitrogens with zero attached hydrogens (tertiary/aromatic N) is 4. The molecule has 0 radical (unpaired) electrons. The van der Waals surface area contributed by atoms with Crippen LogP contribution in [0.4, 0.5) is 4.39 Å². The van der Waals surface area contributed by atoms with Gasteiger partial charge in [0, 0.05) is 23.0 Å². The van der Waals surface area contributed by atoms with Gasteiger partial charge in [-0.05, 0) is 52.7 Å². The van der Waals surface area contributed by atoms with Crippen LogP contribution in [-0.2, 0) is 17.8 Å². The van der Waals surface area contributed by atoms with E-state index in [1.54, 1.807) is 37.3 Å². The van der Waals surface area contributed by atoms with E-state index in [9.17, 15) is 9.18 Å². The topological polar surface area (TPSA) is 72.7 Å². The number of carbonyl (C=O) groups excluding carboxylic acids is 1. The van der Waals surface area contributed by atoms with Gasteiger partial charge in [0.15, 0.2) is 0 Å². The molecule has 3 rings (SSSR count). The van der Waals surface area contributed by atoms with Crippen LogP contribution in [0.3, 0.4) is 0 Å². The molecular formula is C18H16Cl2FN5O.